The Bertz CT molecular complexity index is 666. The third-order valence-electron chi connectivity index (χ3n) is 4.65. The van der Waals surface area contributed by atoms with Gasteiger partial charge in [-0.2, -0.15) is 5.10 Å². The number of carbonyl (C=O) groups is 1. The summed E-state index contributed by atoms with van der Waals surface area (Å²) in [6, 6.07) is 5.91. The normalized spacial score (nSPS) is 17.5. The predicted octanol–water partition coefficient (Wildman–Crippen LogP) is 2.66. The molecule has 1 saturated heterocycles. The Morgan fingerprint density at radius 3 is 2.67 bits per heavy atom. The summed E-state index contributed by atoms with van der Waals surface area (Å²) in [5, 5.41) is 5.84. The van der Waals surface area contributed by atoms with E-state index in [1.807, 2.05) is 29.9 Å². The Balaban J connectivity index is 1.90. The number of carbonyl (C=O) groups excluding carboxylic acids is 1. The van der Waals surface area contributed by atoms with Gasteiger partial charge >= 0.3 is 0 Å². The number of fused-ring (bicyclic) bond motifs is 1. The SMILES string of the molecule is CC(=O)c1ccc2c(c1)c(CC1CCN(C)CC1)nn2C. The van der Waals surface area contributed by atoms with Gasteiger partial charge < -0.3 is 4.90 Å². The third kappa shape index (κ3) is 2.86. The first-order valence-corrected chi connectivity index (χ1v) is 7.69. The van der Waals surface area contributed by atoms with Gasteiger partial charge in [-0.25, -0.2) is 0 Å². The van der Waals surface area contributed by atoms with Crippen molar-refractivity contribution in [2.24, 2.45) is 13.0 Å². The van der Waals surface area contributed by atoms with Crippen molar-refractivity contribution in [3.05, 3.63) is 29.5 Å². The number of aromatic nitrogens is 2. The van der Waals surface area contributed by atoms with Crippen LogP contribution in [0, 0.1) is 5.92 Å². The topological polar surface area (TPSA) is 38.1 Å². The zero-order chi connectivity index (χ0) is 15.0. The van der Waals surface area contributed by atoms with E-state index in [0.717, 1.165) is 28.6 Å². The molecule has 0 unspecified atom stereocenters. The second-order valence-corrected chi connectivity index (χ2v) is 6.31. The van der Waals surface area contributed by atoms with E-state index in [2.05, 4.69) is 11.9 Å². The highest BCUT2D eigenvalue weighted by Crippen LogP contribution is 2.26. The summed E-state index contributed by atoms with van der Waals surface area (Å²) in [4.78, 5) is 14.0. The minimum atomic E-state index is 0.117. The largest absolute Gasteiger partial charge is 0.306 e. The van der Waals surface area contributed by atoms with Crippen LogP contribution in [0.2, 0.25) is 0 Å². The van der Waals surface area contributed by atoms with E-state index >= 15 is 0 Å². The van der Waals surface area contributed by atoms with Crippen molar-refractivity contribution in [2.45, 2.75) is 26.2 Å². The molecule has 0 aliphatic carbocycles. The van der Waals surface area contributed by atoms with Crippen molar-refractivity contribution in [3.63, 3.8) is 0 Å². The molecule has 0 N–H and O–H groups in total. The Hall–Kier alpha value is -1.68. The second kappa shape index (κ2) is 5.60. The molecule has 0 radical (unpaired) electrons. The average molecular weight is 285 g/mol. The van der Waals surface area contributed by atoms with Crippen LogP contribution >= 0.6 is 0 Å². The van der Waals surface area contributed by atoms with Crippen molar-refractivity contribution in [3.8, 4) is 0 Å². The van der Waals surface area contributed by atoms with Gasteiger partial charge in [0.25, 0.3) is 0 Å². The van der Waals surface area contributed by atoms with E-state index in [-0.39, 0.29) is 5.78 Å². The van der Waals surface area contributed by atoms with E-state index in [1.165, 1.54) is 25.9 Å². The molecule has 0 spiro atoms. The van der Waals surface area contributed by atoms with Crippen molar-refractivity contribution in [1.29, 1.82) is 0 Å². The number of aryl methyl sites for hydroxylation is 1. The van der Waals surface area contributed by atoms with E-state index in [0.29, 0.717) is 5.92 Å². The van der Waals surface area contributed by atoms with Crippen LogP contribution < -0.4 is 0 Å². The van der Waals surface area contributed by atoms with Crippen LogP contribution in [0.4, 0.5) is 0 Å². The maximum absolute atomic E-state index is 11.6. The van der Waals surface area contributed by atoms with Crippen LogP contribution in [0.25, 0.3) is 10.9 Å². The summed E-state index contributed by atoms with van der Waals surface area (Å²) in [7, 11) is 4.17. The molecule has 21 heavy (non-hydrogen) atoms. The molecule has 1 aliphatic rings. The van der Waals surface area contributed by atoms with E-state index in [1.54, 1.807) is 6.92 Å². The van der Waals surface area contributed by atoms with Gasteiger partial charge in [0.2, 0.25) is 0 Å². The van der Waals surface area contributed by atoms with Crippen LogP contribution in [-0.2, 0) is 13.5 Å². The average Bonchev–Trinajstić information content (AvgIpc) is 2.77. The first-order chi connectivity index (χ1) is 10.0. The Kier molecular flexibility index (Phi) is 3.81. The smallest absolute Gasteiger partial charge is 0.159 e. The number of ketones is 1. The quantitative estimate of drug-likeness (QED) is 0.814. The summed E-state index contributed by atoms with van der Waals surface area (Å²) >= 11 is 0. The lowest BCUT2D eigenvalue weighted by Crippen LogP contribution is -2.31. The fraction of sp³-hybridized carbons (Fsp3) is 0.529. The maximum atomic E-state index is 11.6. The molecule has 3 rings (SSSR count). The summed E-state index contributed by atoms with van der Waals surface area (Å²) in [5.74, 6) is 0.825. The number of nitrogens with zero attached hydrogens (tertiary/aromatic N) is 3. The Morgan fingerprint density at radius 1 is 1.29 bits per heavy atom. The molecule has 1 fully saturated rings. The van der Waals surface area contributed by atoms with E-state index in [4.69, 9.17) is 5.10 Å². The number of benzene rings is 1. The van der Waals surface area contributed by atoms with Gasteiger partial charge in [-0.15, -0.1) is 0 Å². The minimum absolute atomic E-state index is 0.117. The summed E-state index contributed by atoms with van der Waals surface area (Å²) in [6.45, 7) is 3.97. The molecule has 0 bridgehead atoms. The highest BCUT2D eigenvalue weighted by atomic mass is 16.1. The number of hydrogen-bond donors (Lipinski definition) is 0. The molecule has 2 aromatic rings. The van der Waals surface area contributed by atoms with Crippen LogP contribution in [0.5, 0.6) is 0 Å². The van der Waals surface area contributed by atoms with Crippen molar-refractivity contribution < 1.29 is 4.79 Å². The maximum Gasteiger partial charge on any atom is 0.159 e. The molecule has 112 valence electrons. The molecule has 2 heterocycles. The first kappa shape index (κ1) is 14.3. The third-order valence-corrected chi connectivity index (χ3v) is 4.65. The van der Waals surface area contributed by atoms with E-state index < -0.39 is 0 Å². The molecule has 1 aliphatic heterocycles. The highest BCUT2D eigenvalue weighted by Gasteiger charge is 2.20. The number of likely N-dealkylation sites (tertiary alicyclic amines) is 1. The molecule has 0 atom stereocenters. The molecule has 1 aromatic carbocycles. The van der Waals surface area contributed by atoms with Crippen molar-refractivity contribution in [1.82, 2.24) is 14.7 Å². The van der Waals surface area contributed by atoms with Gasteiger partial charge in [-0.05, 0) is 70.4 Å². The van der Waals surface area contributed by atoms with Crippen molar-refractivity contribution in [2.75, 3.05) is 20.1 Å². The zero-order valence-electron chi connectivity index (χ0n) is 13.1. The van der Waals surface area contributed by atoms with Gasteiger partial charge in [-0.3, -0.25) is 9.48 Å². The fourth-order valence-corrected chi connectivity index (χ4v) is 3.25. The van der Waals surface area contributed by atoms with Gasteiger partial charge in [-0.1, -0.05) is 0 Å². The van der Waals surface area contributed by atoms with Gasteiger partial charge in [0.15, 0.2) is 5.78 Å². The summed E-state index contributed by atoms with van der Waals surface area (Å²) in [5.41, 5.74) is 3.04. The molecule has 1 aromatic heterocycles. The number of rotatable bonds is 3. The number of piperidine rings is 1. The van der Waals surface area contributed by atoms with Crippen LogP contribution in [0.15, 0.2) is 18.2 Å². The van der Waals surface area contributed by atoms with Gasteiger partial charge in [0, 0.05) is 18.0 Å². The molecule has 0 amide bonds. The second-order valence-electron chi connectivity index (χ2n) is 6.31. The van der Waals surface area contributed by atoms with Crippen molar-refractivity contribution >= 4 is 16.7 Å². The number of Topliss-reactive ketones (excluding diaryl/α,β-unsaturated/α-hetero) is 1. The standard InChI is InChI=1S/C17H23N3O/c1-12(21)14-4-5-17-15(11-14)16(18-20(17)3)10-13-6-8-19(2)9-7-13/h4-5,11,13H,6-10H2,1-3H3. The monoisotopic (exact) mass is 285 g/mol. The summed E-state index contributed by atoms with van der Waals surface area (Å²) < 4.78 is 1.93. The van der Waals surface area contributed by atoms with E-state index in [9.17, 15) is 4.79 Å². The van der Waals surface area contributed by atoms with Crippen LogP contribution in [0.3, 0.4) is 0 Å². The minimum Gasteiger partial charge on any atom is -0.306 e. The predicted molar refractivity (Wildman–Crippen MR) is 84.6 cm³/mol. The zero-order valence-corrected chi connectivity index (χ0v) is 13.1. The highest BCUT2D eigenvalue weighted by molar-refractivity contribution is 5.98. The lowest BCUT2D eigenvalue weighted by atomic mass is 9.91. The van der Waals surface area contributed by atoms with Gasteiger partial charge in [0.1, 0.15) is 0 Å². The number of hydrogen-bond acceptors (Lipinski definition) is 3. The molecule has 4 heteroatoms. The van der Waals surface area contributed by atoms with Crippen LogP contribution in [-0.4, -0.2) is 40.6 Å². The fourth-order valence-electron chi connectivity index (χ4n) is 3.25. The lowest BCUT2D eigenvalue weighted by molar-refractivity contribution is 0.101. The molecule has 4 nitrogen and oxygen atoms in total. The molecular formula is C17H23N3O. The Morgan fingerprint density at radius 2 is 2.00 bits per heavy atom. The lowest BCUT2D eigenvalue weighted by Gasteiger charge is -2.28. The van der Waals surface area contributed by atoms with Crippen LogP contribution in [0.1, 0.15) is 35.8 Å². The molecule has 0 saturated carbocycles. The Labute approximate surface area is 125 Å². The first-order valence-electron chi connectivity index (χ1n) is 7.69. The molecular weight excluding hydrogens is 262 g/mol. The van der Waals surface area contributed by atoms with Gasteiger partial charge in [0.05, 0.1) is 11.2 Å². The summed E-state index contributed by atoms with van der Waals surface area (Å²) in [6.07, 6.45) is 3.49.